The smallest absolute Gasteiger partial charge is 0.244 e. The molecule has 0 heterocycles. The van der Waals surface area contributed by atoms with Crippen molar-refractivity contribution in [1.82, 2.24) is 10.2 Å². The van der Waals surface area contributed by atoms with Gasteiger partial charge in [-0.1, -0.05) is 36.7 Å². The molecule has 8 nitrogen and oxygen atoms in total. The van der Waals surface area contributed by atoms with Gasteiger partial charge in [-0.25, -0.2) is 8.42 Å². The van der Waals surface area contributed by atoms with Gasteiger partial charge in [0.25, 0.3) is 0 Å². The van der Waals surface area contributed by atoms with Crippen molar-refractivity contribution in [3.8, 4) is 5.75 Å². The van der Waals surface area contributed by atoms with E-state index < -0.39 is 28.5 Å². The zero-order valence-electron chi connectivity index (χ0n) is 21.0. The molecule has 1 atom stereocenters. The summed E-state index contributed by atoms with van der Waals surface area (Å²) in [5.74, 6) is -0.138. The van der Waals surface area contributed by atoms with Gasteiger partial charge in [0.2, 0.25) is 21.8 Å². The van der Waals surface area contributed by atoms with Gasteiger partial charge < -0.3 is 15.0 Å². The third-order valence-electron chi connectivity index (χ3n) is 5.52. The van der Waals surface area contributed by atoms with E-state index in [4.69, 9.17) is 16.3 Å². The lowest BCUT2D eigenvalue weighted by atomic mass is 10.1. The number of carbonyl (C=O) groups is 2. The Kier molecular flexibility index (Phi) is 9.97. The largest absolute Gasteiger partial charge is 0.497 e. The van der Waals surface area contributed by atoms with E-state index in [0.29, 0.717) is 28.4 Å². The van der Waals surface area contributed by atoms with Crippen molar-refractivity contribution in [2.45, 2.75) is 52.7 Å². The van der Waals surface area contributed by atoms with Crippen LogP contribution in [0.15, 0.2) is 42.5 Å². The average molecular weight is 524 g/mol. The highest BCUT2D eigenvalue weighted by molar-refractivity contribution is 7.92. The molecular formula is C25H34ClN3O5S. The lowest BCUT2D eigenvalue weighted by molar-refractivity contribution is -0.140. The van der Waals surface area contributed by atoms with E-state index in [1.165, 1.54) is 4.90 Å². The summed E-state index contributed by atoms with van der Waals surface area (Å²) >= 11 is 6.22. The Labute approximate surface area is 213 Å². The third-order valence-corrected chi connectivity index (χ3v) is 7.05. The van der Waals surface area contributed by atoms with E-state index in [-0.39, 0.29) is 18.5 Å². The molecule has 0 bridgehead atoms. The molecule has 0 aliphatic rings. The van der Waals surface area contributed by atoms with Crippen molar-refractivity contribution in [3.63, 3.8) is 0 Å². The van der Waals surface area contributed by atoms with Crippen molar-refractivity contribution in [3.05, 3.63) is 58.6 Å². The Hall–Kier alpha value is -2.78. The van der Waals surface area contributed by atoms with Crippen LogP contribution in [-0.4, -0.2) is 57.1 Å². The average Bonchev–Trinajstić information content (AvgIpc) is 2.78. The van der Waals surface area contributed by atoms with Crippen LogP contribution in [0, 0.1) is 6.92 Å². The first-order valence-electron chi connectivity index (χ1n) is 11.3. The van der Waals surface area contributed by atoms with E-state index in [0.717, 1.165) is 16.1 Å². The topological polar surface area (TPSA) is 96.0 Å². The number of nitrogens with one attached hydrogen (secondary N) is 1. The number of methoxy groups -OCH3 is 1. The number of hydrogen-bond acceptors (Lipinski definition) is 5. The van der Waals surface area contributed by atoms with Crippen LogP contribution in [0.3, 0.4) is 0 Å². The maximum Gasteiger partial charge on any atom is 0.244 e. The molecule has 0 aliphatic carbocycles. The first-order valence-corrected chi connectivity index (χ1v) is 13.6. The predicted molar refractivity (Wildman–Crippen MR) is 139 cm³/mol. The third kappa shape index (κ3) is 7.60. The van der Waals surface area contributed by atoms with Gasteiger partial charge in [0.05, 0.1) is 19.1 Å². The van der Waals surface area contributed by atoms with Crippen molar-refractivity contribution >= 4 is 39.1 Å². The quantitative estimate of drug-likeness (QED) is 0.484. The standard InChI is InChI=1S/C25H34ClN3O5S/c1-7-22(25(31)27-17(2)3)28(15-19-11-13-20(34-5)14-12-19)24(30)16-29(35(6,32)33)23-10-8-9-21(26)18(23)4/h8-14,17,22H,7,15-16H2,1-6H3,(H,27,31)/t22-/m1/s1. The second kappa shape index (κ2) is 12.3. The van der Waals surface area contributed by atoms with Crippen LogP contribution in [0.2, 0.25) is 5.02 Å². The molecule has 2 amide bonds. The van der Waals surface area contributed by atoms with Gasteiger partial charge in [0.1, 0.15) is 18.3 Å². The molecule has 1 N–H and O–H groups in total. The highest BCUT2D eigenvalue weighted by Crippen LogP contribution is 2.28. The van der Waals surface area contributed by atoms with Crippen LogP contribution in [0.5, 0.6) is 5.75 Å². The number of amides is 2. The number of carbonyl (C=O) groups excluding carboxylic acids is 2. The summed E-state index contributed by atoms with van der Waals surface area (Å²) in [4.78, 5) is 28.1. The van der Waals surface area contributed by atoms with Crippen LogP contribution < -0.4 is 14.4 Å². The number of rotatable bonds is 11. The summed E-state index contributed by atoms with van der Waals surface area (Å²) in [6.07, 6.45) is 1.40. The minimum absolute atomic E-state index is 0.115. The summed E-state index contributed by atoms with van der Waals surface area (Å²) in [6, 6.07) is 11.1. The maximum absolute atomic E-state index is 13.7. The van der Waals surface area contributed by atoms with Crippen molar-refractivity contribution in [2.24, 2.45) is 0 Å². The van der Waals surface area contributed by atoms with Gasteiger partial charge in [-0.3, -0.25) is 13.9 Å². The number of benzene rings is 2. The lowest BCUT2D eigenvalue weighted by Crippen LogP contribution is -2.53. The van der Waals surface area contributed by atoms with Crippen LogP contribution in [-0.2, 0) is 26.2 Å². The Morgan fingerprint density at radius 3 is 2.26 bits per heavy atom. The summed E-state index contributed by atoms with van der Waals surface area (Å²) in [6.45, 7) is 6.84. The number of anilines is 1. The Balaban J connectivity index is 2.48. The van der Waals surface area contributed by atoms with E-state index in [1.54, 1.807) is 44.4 Å². The van der Waals surface area contributed by atoms with Crippen LogP contribution in [0.1, 0.15) is 38.3 Å². The minimum Gasteiger partial charge on any atom is -0.497 e. The molecule has 0 unspecified atom stereocenters. The maximum atomic E-state index is 13.7. The van der Waals surface area contributed by atoms with E-state index in [1.807, 2.05) is 32.9 Å². The van der Waals surface area contributed by atoms with Gasteiger partial charge in [0.15, 0.2) is 0 Å². The summed E-state index contributed by atoms with van der Waals surface area (Å²) in [7, 11) is -2.27. The molecule has 0 saturated carbocycles. The molecule has 35 heavy (non-hydrogen) atoms. The zero-order chi connectivity index (χ0) is 26.3. The SMILES string of the molecule is CC[C@H](C(=O)NC(C)C)N(Cc1ccc(OC)cc1)C(=O)CN(c1cccc(Cl)c1C)S(C)(=O)=O. The van der Waals surface area contributed by atoms with Crippen molar-refractivity contribution in [1.29, 1.82) is 0 Å². The fraction of sp³-hybridized carbons (Fsp3) is 0.440. The summed E-state index contributed by atoms with van der Waals surface area (Å²) in [5.41, 5.74) is 1.64. The zero-order valence-corrected chi connectivity index (χ0v) is 22.6. The predicted octanol–water partition coefficient (Wildman–Crippen LogP) is 3.76. The summed E-state index contributed by atoms with van der Waals surface area (Å²) < 4.78 is 31.7. The number of sulfonamides is 1. The molecular weight excluding hydrogens is 490 g/mol. The fourth-order valence-corrected chi connectivity index (χ4v) is 4.76. The van der Waals surface area contributed by atoms with Gasteiger partial charge in [-0.15, -0.1) is 0 Å². The normalized spacial score (nSPS) is 12.2. The molecule has 2 aromatic carbocycles. The van der Waals surface area contributed by atoms with Crippen LogP contribution >= 0.6 is 11.6 Å². The molecule has 0 aromatic heterocycles. The van der Waals surface area contributed by atoms with Crippen molar-refractivity contribution < 1.29 is 22.7 Å². The first kappa shape index (κ1) is 28.5. The highest BCUT2D eigenvalue weighted by atomic mass is 35.5. The molecule has 0 fully saturated rings. The molecule has 192 valence electrons. The molecule has 10 heteroatoms. The number of halogens is 1. The van der Waals surface area contributed by atoms with Gasteiger partial charge in [-0.05, 0) is 62.6 Å². The Morgan fingerprint density at radius 1 is 1.11 bits per heavy atom. The van der Waals surface area contributed by atoms with Gasteiger partial charge in [0, 0.05) is 17.6 Å². The van der Waals surface area contributed by atoms with Gasteiger partial charge in [-0.2, -0.15) is 0 Å². The first-order chi connectivity index (χ1) is 16.4. The molecule has 2 rings (SSSR count). The van der Waals surface area contributed by atoms with Crippen LogP contribution in [0.25, 0.3) is 0 Å². The van der Waals surface area contributed by atoms with Crippen LogP contribution in [0.4, 0.5) is 5.69 Å². The molecule has 0 saturated heterocycles. The van der Waals surface area contributed by atoms with E-state index in [9.17, 15) is 18.0 Å². The highest BCUT2D eigenvalue weighted by Gasteiger charge is 2.32. The van der Waals surface area contributed by atoms with Gasteiger partial charge >= 0.3 is 0 Å². The second-order valence-electron chi connectivity index (χ2n) is 8.61. The monoisotopic (exact) mass is 523 g/mol. The number of nitrogens with zero attached hydrogens (tertiary/aromatic N) is 2. The number of hydrogen-bond donors (Lipinski definition) is 1. The second-order valence-corrected chi connectivity index (χ2v) is 10.9. The fourth-order valence-electron chi connectivity index (χ4n) is 3.69. The molecule has 0 spiro atoms. The lowest BCUT2D eigenvalue weighted by Gasteiger charge is -2.33. The molecule has 0 radical (unpaired) electrons. The van der Waals surface area contributed by atoms with E-state index >= 15 is 0 Å². The molecule has 2 aromatic rings. The summed E-state index contributed by atoms with van der Waals surface area (Å²) in [5, 5.41) is 3.25. The number of ether oxygens (including phenoxy) is 1. The Bertz CT molecular complexity index is 1140. The minimum atomic E-state index is -3.83. The molecule has 0 aliphatic heterocycles. The van der Waals surface area contributed by atoms with E-state index in [2.05, 4.69) is 5.32 Å². The Morgan fingerprint density at radius 2 is 1.74 bits per heavy atom. The van der Waals surface area contributed by atoms with Crippen molar-refractivity contribution in [2.75, 3.05) is 24.2 Å².